The lowest BCUT2D eigenvalue weighted by Crippen LogP contribution is -2.60. The Morgan fingerprint density at radius 3 is 1.31 bits per heavy atom. The van der Waals surface area contributed by atoms with Gasteiger partial charge in [-0.25, -0.2) is 0 Å². The molecule has 0 saturated carbocycles. The fraction of sp³-hybridized carbons (Fsp3) is 0.933. The summed E-state index contributed by atoms with van der Waals surface area (Å²) >= 11 is 0. The van der Waals surface area contributed by atoms with Crippen molar-refractivity contribution in [2.45, 2.75) is 339 Å². The second-order valence-electron chi connectivity index (χ2n) is 21.4. The molecule has 1 aliphatic heterocycles. The maximum Gasteiger partial charge on any atom is 0.305 e. The Bertz CT molecular complexity index is 1190. The first-order valence-corrected chi connectivity index (χ1v) is 30.5. The Hall–Kier alpha value is -1.60. The molecule has 1 aliphatic rings. The van der Waals surface area contributed by atoms with Gasteiger partial charge in [0.25, 0.3) is 0 Å². The van der Waals surface area contributed by atoms with E-state index in [0.717, 1.165) is 64.2 Å². The Labute approximate surface area is 436 Å². The molecular formula is C60H115NO10. The van der Waals surface area contributed by atoms with Crippen LogP contribution in [0.1, 0.15) is 296 Å². The molecule has 0 bridgehead atoms. The summed E-state index contributed by atoms with van der Waals surface area (Å²) in [5, 5.41) is 54.2. The molecule has 0 aromatic carbocycles. The molecule has 0 spiro atoms. The van der Waals surface area contributed by atoms with E-state index >= 15 is 0 Å². The number of esters is 1. The van der Waals surface area contributed by atoms with Gasteiger partial charge in [0.15, 0.2) is 6.29 Å². The third-order valence-corrected chi connectivity index (χ3v) is 14.7. The van der Waals surface area contributed by atoms with Crippen molar-refractivity contribution in [1.82, 2.24) is 5.32 Å². The third-order valence-electron chi connectivity index (χ3n) is 14.7. The van der Waals surface area contributed by atoms with Crippen LogP contribution in [0.4, 0.5) is 0 Å². The number of hydrogen-bond acceptors (Lipinski definition) is 10. The maximum atomic E-state index is 13.0. The summed E-state index contributed by atoms with van der Waals surface area (Å²) in [6.45, 7) is 4.32. The van der Waals surface area contributed by atoms with Gasteiger partial charge in [-0.1, -0.05) is 264 Å². The van der Waals surface area contributed by atoms with Crippen molar-refractivity contribution in [3.05, 3.63) is 12.2 Å². The molecule has 7 atom stereocenters. The highest BCUT2D eigenvalue weighted by molar-refractivity contribution is 5.76. The lowest BCUT2D eigenvalue weighted by molar-refractivity contribution is -0.302. The molecule has 1 rings (SSSR count). The van der Waals surface area contributed by atoms with Crippen molar-refractivity contribution in [1.29, 1.82) is 0 Å². The Morgan fingerprint density at radius 2 is 0.887 bits per heavy atom. The van der Waals surface area contributed by atoms with Crippen LogP contribution in [0.25, 0.3) is 0 Å². The number of nitrogens with one attached hydrogen (secondary N) is 1. The molecule has 1 heterocycles. The monoisotopic (exact) mass is 1010 g/mol. The Kier molecular flexibility index (Phi) is 48.0. The summed E-state index contributed by atoms with van der Waals surface area (Å²) in [5.74, 6) is -0.188. The number of aliphatic hydroxyl groups is 5. The zero-order chi connectivity index (χ0) is 51.7. The fourth-order valence-electron chi connectivity index (χ4n) is 9.79. The lowest BCUT2D eigenvalue weighted by Gasteiger charge is -2.40. The zero-order valence-corrected chi connectivity index (χ0v) is 46.2. The highest BCUT2D eigenvalue weighted by Gasteiger charge is 2.44. The number of carbonyl (C=O) groups is 2. The van der Waals surface area contributed by atoms with Crippen LogP contribution in [-0.4, -0.2) is 100 Å². The quantitative estimate of drug-likeness (QED) is 0.0195. The van der Waals surface area contributed by atoms with Gasteiger partial charge in [0.1, 0.15) is 24.4 Å². The van der Waals surface area contributed by atoms with Gasteiger partial charge >= 0.3 is 5.97 Å². The van der Waals surface area contributed by atoms with Crippen molar-refractivity contribution in [3.8, 4) is 0 Å². The number of hydrogen-bond donors (Lipinski definition) is 6. The van der Waals surface area contributed by atoms with E-state index in [1.54, 1.807) is 6.08 Å². The van der Waals surface area contributed by atoms with Gasteiger partial charge < -0.3 is 45.1 Å². The summed E-state index contributed by atoms with van der Waals surface area (Å²) in [4.78, 5) is 25.1. The van der Waals surface area contributed by atoms with Gasteiger partial charge in [0.05, 0.1) is 32.0 Å². The molecule has 1 saturated heterocycles. The zero-order valence-electron chi connectivity index (χ0n) is 46.2. The molecular weight excluding hydrogens is 895 g/mol. The van der Waals surface area contributed by atoms with Crippen LogP contribution in [0.2, 0.25) is 0 Å². The molecule has 420 valence electrons. The summed E-state index contributed by atoms with van der Waals surface area (Å²) in [6.07, 6.45) is 48.9. The second-order valence-corrected chi connectivity index (χ2v) is 21.4. The smallest absolute Gasteiger partial charge is 0.305 e. The van der Waals surface area contributed by atoms with Crippen molar-refractivity contribution < 1.29 is 49.3 Å². The van der Waals surface area contributed by atoms with Crippen LogP contribution in [0.5, 0.6) is 0 Å². The Balaban J connectivity index is 2.00. The maximum absolute atomic E-state index is 13.0. The van der Waals surface area contributed by atoms with E-state index in [0.29, 0.717) is 19.4 Å². The number of carbonyl (C=O) groups excluding carboxylic acids is 2. The van der Waals surface area contributed by atoms with E-state index in [2.05, 4.69) is 19.2 Å². The van der Waals surface area contributed by atoms with E-state index in [1.165, 1.54) is 205 Å². The first-order chi connectivity index (χ1) is 34.7. The van der Waals surface area contributed by atoms with Crippen LogP contribution in [0, 0.1) is 0 Å². The van der Waals surface area contributed by atoms with Crippen LogP contribution < -0.4 is 5.32 Å². The normalized spacial score (nSPS) is 19.1. The molecule has 1 fully saturated rings. The van der Waals surface area contributed by atoms with Gasteiger partial charge in [0, 0.05) is 12.8 Å². The van der Waals surface area contributed by atoms with Crippen LogP contribution in [0.3, 0.4) is 0 Å². The van der Waals surface area contributed by atoms with E-state index in [4.69, 9.17) is 14.2 Å². The molecule has 11 nitrogen and oxygen atoms in total. The van der Waals surface area contributed by atoms with Crippen molar-refractivity contribution >= 4 is 11.9 Å². The number of amides is 1. The van der Waals surface area contributed by atoms with E-state index < -0.39 is 49.5 Å². The second kappa shape index (κ2) is 50.6. The molecule has 0 aromatic rings. The minimum absolute atomic E-state index is 0.00252. The third kappa shape index (κ3) is 40.4. The number of unbranched alkanes of at least 4 members (excludes halogenated alkanes) is 39. The predicted molar refractivity (Wildman–Crippen MR) is 292 cm³/mol. The van der Waals surface area contributed by atoms with E-state index in [-0.39, 0.29) is 18.5 Å². The summed E-state index contributed by atoms with van der Waals surface area (Å²) in [5.41, 5.74) is 0. The van der Waals surface area contributed by atoms with Crippen molar-refractivity contribution in [2.24, 2.45) is 0 Å². The first kappa shape index (κ1) is 67.4. The summed E-state index contributed by atoms with van der Waals surface area (Å²) < 4.78 is 16.7. The highest BCUT2D eigenvalue weighted by atomic mass is 16.7. The highest BCUT2D eigenvalue weighted by Crippen LogP contribution is 2.23. The number of rotatable bonds is 53. The van der Waals surface area contributed by atoms with Crippen LogP contribution in [0.15, 0.2) is 12.2 Å². The minimum Gasteiger partial charge on any atom is -0.466 e. The van der Waals surface area contributed by atoms with Crippen molar-refractivity contribution in [3.63, 3.8) is 0 Å². The van der Waals surface area contributed by atoms with Gasteiger partial charge in [-0.3, -0.25) is 9.59 Å². The Morgan fingerprint density at radius 1 is 0.507 bits per heavy atom. The lowest BCUT2D eigenvalue weighted by atomic mass is 9.99. The molecule has 0 aromatic heterocycles. The van der Waals surface area contributed by atoms with Crippen LogP contribution in [-0.2, 0) is 23.8 Å². The first-order valence-electron chi connectivity index (χ1n) is 30.5. The topological polar surface area (TPSA) is 175 Å². The predicted octanol–water partition coefficient (Wildman–Crippen LogP) is 14.0. The van der Waals surface area contributed by atoms with Gasteiger partial charge in [-0.15, -0.1) is 0 Å². The average molecular weight is 1010 g/mol. The SMILES string of the molecule is CCCCCCCCC/C=C/C(O)C(COC1OC(CO)C(O)C(O)C1O)NC(=O)CCCCCCCCCCCCCCCCCCCCCOC(=O)CCCCCCCCCCCCCCCCC. The number of aliphatic hydroxyl groups excluding tert-OH is 5. The minimum atomic E-state index is -1.57. The van der Waals surface area contributed by atoms with Crippen LogP contribution >= 0.6 is 0 Å². The van der Waals surface area contributed by atoms with E-state index in [9.17, 15) is 35.1 Å². The number of allylic oxidation sites excluding steroid dienone is 1. The molecule has 0 radical (unpaired) electrons. The molecule has 1 amide bonds. The molecule has 7 unspecified atom stereocenters. The largest absolute Gasteiger partial charge is 0.466 e. The average Bonchev–Trinajstić information content (AvgIpc) is 3.37. The standard InChI is InChI=1S/C60H115NO10/c1-3-5-7-9-11-13-14-15-21-25-28-32-36-40-44-48-56(65)69-49-45-41-37-33-29-26-23-20-18-16-17-19-22-24-27-31-35-39-43-47-55(64)61-52(53(63)46-42-38-34-30-12-10-8-6-4-2)51-70-60-59(68)58(67)57(66)54(50-62)71-60/h42,46,52-54,57-60,62-63,66-68H,3-41,43-45,47-51H2,1-2H3,(H,61,64)/b46-42+. The summed E-state index contributed by atoms with van der Waals surface area (Å²) in [7, 11) is 0. The van der Waals surface area contributed by atoms with Gasteiger partial charge in [0.2, 0.25) is 5.91 Å². The van der Waals surface area contributed by atoms with Crippen molar-refractivity contribution in [2.75, 3.05) is 19.8 Å². The number of ether oxygens (including phenoxy) is 3. The molecule has 71 heavy (non-hydrogen) atoms. The van der Waals surface area contributed by atoms with Gasteiger partial charge in [-0.05, 0) is 32.1 Å². The fourth-order valence-corrected chi connectivity index (χ4v) is 9.79. The van der Waals surface area contributed by atoms with E-state index in [1.807, 2.05) is 6.08 Å². The molecule has 6 N–H and O–H groups in total. The van der Waals surface area contributed by atoms with Gasteiger partial charge in [-0.2, -0.15) is 0 Å². The summed E-state index contributed by atoms with van der Waals surface area (Å²) in [6, 6.07) is -0.809. The molecule has 0 aliphatic carbocycles. The molecule has 11 heteroatoms.